The zero-order valence-corrected chi connectivity index (χ0v) is 12.8. The van der Waals surface area contributed by atoms with Crippen LogP contribution in [0.1, 0.15) is 16.1 Å². The second kappa shape index (κ2) is 7.13. The minimum Gasteiger partial charge on any atom is -0.272 e. The number of carbonyl (C=O) groups is 1. The average molecular weight is 336 g/mol. The van der Waals surface area contributed by atoms with E-state index < -0.39 is 10.8 Å². The molecule has 0 unspecified atom stereocenters. The van der Waals surface area contributed by atoms with Crippen molar-refractivity contribution in [2.45, 2.75) is 0 Å². The highest BCUT2D eigenvalue weighted by molar-refractivity contribution is 5.94. The lowest BCUT2D eigenvalue weighted by Gasteiger charge is -1.96. The fourth-order valence-corrected chi connectivity index (χ4v) is 2.04. The van der Waals surface area contributed by atoms with Crippen LogP contribution in [0.4, 0.5) is 5.69 Å². The number of H-pyrrole nitrogens is 1. The van der Waals surface area contributed by atoms with E-state index in [9.17, 15) is 14.9 Å². The van der Waals surface area contributed by atoms with Gasteiger partial charge in [0, 0.05) is 35.7 Å². The van der Waals surface area contributed by atoms with Gasteiger partial charge in [-0.15, -0.1) is 0 Å². The van der Waals surface area contributed by atoms with E-state index in [1.54, 1.807) is 36.7 Å². The monoisotopic (exact) mass is 336 g/mol. The van der Waals surface area contributed by atoms with Crippen LogP contribution >= 0.6 is 0 Å². The molecule has 0 radical (unpaired) electrons. The summed E-state index contributed by atoms with van der Waals surface area (Å²) in [6.45, 7) is 0. The Morgan fingerprint density at radius 2 is 2.16 bits per heavy atom. The molecule has 0 atom stereocenters. The van der Waals surface area contributed by atoms with Gasteiger partial charge in [-0.1, -0.05) is 18.2 Å². The third-order valence-electron chi connectivity index (χ3n) is 3.24. The topological polar surface area (TPSA) is 126 Å². The van der Waals surface area contributed by atoms with E-state index >= 15 is 0 Å². The number of amides is 1. The molecule has 0 aliphatic rings. The highest BCUT2D eigenvalue weighted by atomic mass is 16.6. The number of carbonyl (C=O) groups excluding carboxylic acids is 1. The van der Waals surface area contributed by atoms with Crippen molar-refractivity contribution < 1.29 is 9.72 Å². The molecule has 0 saturated heterocycles. The first-order valence-corrected chi connectivity index (χ1v) is 7.17. The third-order valence-corrected chi connectivity index (χ3v) is 3.24. The van der Waals surface area contributed by atoms with Crippen molar-refractivity contribution in [3.05, 3.63) is 76.2 Å². The van der Waals surface area contributed by atoms with Crippen LogP contribution < -0.4 is 5.43 Å². The van der Waals surface area contributed by atoms with Gasteiger partial charge in [0.05, 0.1) is 16.8 Å². The average Bonchev–Trinajstić information content (AvgIpc) is 3.13. The second-order valence-corrected chi connectivity index (χ2v) is 4.96. The Balaban J connectivity index is 1.70. The van der Waals surface area contributed by atoms with Crippen LogP contribution in [0.15, 0.2) is 60.0 Å². The largest absolute Gasteiger partial charge is 0.289 e. The number of hydrazone groups is 1. The smallest absolute Gasteiger partial charge is 0.272 e. The summed E-state index contributed by atoms with van der Waals surface area (Å²) in [5, 5.41) is 21.2. The Morgan fingerprint density at radius 3 is 2.92 bits per heavy atom. The van der Waals surface area contributed by atoms with Gasteiger partial charge >= 0.3 is 0 Å². The number of rotatable bonds is 5. The van der Waals surface area contributed by atoms with E-state index in [0.29, 0.717) is 11.3 Å². The van der Waals surface area contributed by atoms with Gasteiger partial charge in [0.2, 0.25) is 0 Å². The Labute approximate surface area is 141 Å². The van der Waals surface area contributed by atoms with Crippen molar-refractivity contribution >= 4 is 17.8 Å². The molecule has 1 aromatic carbocycles. The van der Waals surface area contributed by atoms with E-state index in [2.05, 4.69) is 25.7 Å². The molecule has 3 aromatic rings. The van der Waals surface area contributed by atoms with Crippen molar-refractivity contribution in [2.24, 2.45) is 5.10 Å². The molecule has 2 N–H and O–H groups in total. The van der Waals surface area contributed by atoms with Gasteiger partial charge in [0.1, 0.15) is 5.69 Å². The van der Waals surface area contributed by atoms with Crippen LogP contribution in [0.5, 0.6) is 0 Å². The molecule has 1 amide bonds. The molecule has 0 spiro atoms. The molecule has 2 heterocycles. The van der Waals surface area contributed by atoms with Crippen LogP contribution in [0.2, 0.25) is 0 Å². The SMILES string of the molecule is O=C(N/N=C\c1cccnc1)c1cc(-c2cccc([N+](=O)[O-])c2)n[nH]1. The molecule has 0 aliphatic heterocycles. The lowest BCUT2D eigenvalue weighted by Crippen LogP contribution is -2.18. The summed E-state index contributed by atoms with van der Waals surface area (Å²) >= 11 is 0. The van der Waals surface area contributed by atoms with E-state index in [0.717, 1.165) is 5.56 Å². The Bertz CT molecular complexity index is 936. The van der Waals surface area contributed by atoms with Gasteiger partial charge in [0.25, 0.3) is 11.6 Å². The number of nitro groups is 1. The summed E-state index contributed by atoms with van der Waals surface area (Å²) in [5.41, 5.74) is 4.19. The lowest BCUT2D eigenvalue weighted by atomic mass is 10.1. The number of non-ortho nitro benzene ring substituents is 1. The van der Waals surface area contributed by atoms with E-state index in [-0.39, 0.29) is 11.4 Å². The molecule has 9 nitrogen and oxygen atoms in total. The van der Waals surface area contributed by atoms with Crippen molar-refractivity contribution in [1.29, 1.82) is 0 Å². The first kappa shape index (κ1) is 16.0. The number of nitrogens with zero attached hydrogens (tertiary/aromatic N) is 4. The highest BCUT2D eigenvalue weighted by Gasteiger charge is 2.13. The van der Waals surface area contributed by atoms with Gasteiger partial charge in [-0.25, -0.2) is 5.43 Å². The Morgan fingerprint density at radius 1 is 1.28 bits per heavy atom. The fourth-order valence-electron chi connectivity index (χ4n) is 2.04. The number of nitrogens with one attached hydrogen (secondary N) is 2. The number of nitro benzene ring substituents is 1. The minimum absolute atomic E-state index is 0.0485. The molecule has 3 rings (SSSR count). The lowest BCUT2D eigenvalue weighted by molar-refractivity contribution is -0.384. The first-order chi connectivity index (χ1) is 12.1. The third kappa shape index (κ3) is 3.91. The number of hydrogen-bond donors (Lipinski definition) is 2. The summed E-state index contributed by atoms with van der Waals surface area (Å²) in [5.74, 6) is -0.482. The first-order valence-electron chi connectivity index (χ1n) is 7.17. The molecular formula is C16H12N6O3. The zero-order chi connectivity index (χ0) is 17.6. The Hall–Kier alpha value is -3.88. The van der Waals surface area contributed by atoms with Gasteiger partial charge in [-0.2, -0.15) is 10.2 Å². The maximum atomic E-state index is 12.0. The van der Waals surface area contributed by atoms with E-state index in [1.807, 2.05) is 0 Å². The van der Waals surface area contributed by atoms with Crippen molar-refractivity contribution in [3.63, 3.8) is 0 Å². The summed E-state index contributed by atoms with van der Waals surface area (Å²) in [7, 11) is 0. The van der Waals surface area contributed by atoms with Crippen LogP contribution in [0.25, 0.3) is 11.3 Å². The molecule has 0 bridgehead atoms. The second-order valence-electron chi connectivity index (χ2n) is 4.96. The van der Waals surface area contributed by atoms with Crippen LogP contribution in [-0.4, -0.2) is 32.2 Å². The number of aromatic amines is 1. The van der Waals surface area contributed by atoms with Gasteiger partial charge in [-0.3, -0.25) is 25.0 Å². The van der Waals surface area contributed by atoms with Crippen LogP contribution in [0.3, 0.4) is 0 Å². The quantitative estimate of drug-likeness (QED) is 0.419. The summed E-state index contributed by atoms with van der Waals surface area (Å²) in [6, 6.07) is 11.0. The zero-order valence-electron chi connectivity index (χ0n) is 12.8. The number of hydrogen-bond acceptors (Lipinski definition) is 6. The molecular weight excluding hydrogens is 324 g/mol. The molecule has 2 aromatic heterocycles. The molecule has 0 fully saturated rings. The predicted octanol–water partition coefficient (Wildman–Crippen LogP) is 2.14. The number of benzene rings is 1. The maximum Gasteiger partial charge on any atom is 0.289 e. The number of pyridine rings is 1. The molecule has 25 heavy (non-hydrogen) atoms. The van der Waals surface area contributed by atoms with Gasteiger partial charge < -0.3 is 0 Å². The van der Waals surface area contributed by atoms with Gasteiger partial charge in [0.15, 0.2) is 0 Å². The molecule has 0 aliphatic carbocycles. The summed E-state index contributed by atoms with van der Waals surface area (Å²) < 4.78 is 0. The van der Waals surface area contributed by atoms with E-state index in [1.165, 1.54) is 24.4 Å². The fraction of sp³-hybridized carbons (Fsp3) is 0. The van der Waals surface area contributed by atoms with Crippen molar-refractivity contribution in [1.82, 2.24) is 20.6 Å². The van der Waals surface area contributed by atoms with Crippen molar-refractivity contribution in [2.75, 3.05) is 0 Å². The van der Waals surface area contributed by atoms with Crippen LogP contribution in [0, 0.1) is 10.1 Å². The molecule has 9 heteroatoms. The maximum absolute atomic E-state index is 12.0. The Kier molecular flexibility index (Phi) is 4.56. The standard InChI is InChI=1S/C16H12N6O3/c23-16(21-18-10-11-3-2-6-17-9-11)15-8-14(19-20-15)12-4-1-5-13(7-12)22(24)25/h1-10H,(H,19,20)(H,21,23)/b18-10-. The molecule has 124 valence electrons. The minimum atomic E-state index is -0.489. The highest BCUT2D eigenvalue weighted by Crippen LogP contribution is 2.22. The van der Waals surface area contributed by atoms with E-state index in [4.69, 9.17) is 0 Å². The molecule has 0 saturated carbocycles. The summed E-state index contributed by atoms with van der Waals surface area (Å²) in [6.07, 6.45) is 4.70. The summed E-state index contributed by atoms with van der Waals surface area (Å²) in [4.78, 5) is 26.3. The van der Waals surface area contributed by atoms with Gasteiger partial charge in [-0.05, 0) is 12.1 Å². The van der Waals surface area contributed by atoms with Crippen molar-refractivity contribution in [3.8, 4) is 11.3 Å². The predicted molar refractivity (Wildman–Crippen MR) is 90.0 cm³/mol. The van der Waals surface area contributed by atoms with Crippen LogP contribution in [-0.2, 0) is 0 Å². The number of aromatic nitrogens is 3. The normalized spacial score (nSPS) is 10.7.